The highest BCUT2D eigenvalue weighted by Gasteiger charge is 2.20. The molecule has 3 aromatic carbocycles. The lowest BCUT2D eigenvalue weighted by atomic mass is 10.1. The van der Waals surface area contributed by atoms with Gasteiger partial charge < -0.3 is 14.4 Å². The van der Waals surface area contributed by atoms with E-state index in [4.69, 9.17) is 9.47 Å². The highest BCUT2D eigenvalue weighted by atomic mass is 16.7. The molecule has 0 spiro atoms. The van der Waals surface area contributed by atoms with Crippen molar-refractivity contribution in [2.24, 2.45) is 0 Å². The molecule has 3 aromatic rings. The number of rotatable bonds is 4. The Morgan fingerprint density at radius 3 is 1.75 bits per heavy atom. The molecule has 1 aliphatic heterocycles. The topological polar surface area (TPSA) is 21.7 Å². The van der Waals surface area contributed by atoms with Gasteiger partial charge in [0.05, 0.1) is 13.2 Å². The fourth-order valence-corrected chi connectivity index (χ4v) is 2.96. The van der Waals surface area contributed by atoms with Crippen molar-refractivity contribution < 1.29 is 9.47 Å². The molecule has 1 saturated heterocycles. The van der Waals surface area contributed by atoms with Crippen molar-refractivity contribution in [3.05, 3.63) is 90.5 Å². The van der Waals surface area contributed by atoms with Crippen LogP contribution < -0.4 is 4.90 Å². The van der Waals surface area contributed by atoms with Crippen LogP contribution in [-0.2, 0) is 9.47 Å². The number of hydrogen-bond acceptors (Lipinski definition) is 3. The Kier molecular flexibility index (Phi) is 4.28. The Morgan fingerprint density at radius 1 is 0.625 bits per heavy atom. The van der Waals surface area contributed by atoms with Crippen molar-refractivity contribution in [1.29, 1.82) is 0 Å². The molecule has 24 heavy (non-hydrogen) atoms. The van der Waals surface area contributed by atoms with Gasteiger partial charge in [0.15, 0.2) is 6.29 Å². The number of benzene rings is 3. The van der Waals surface area contributed by atoms with Gasteiger partial charge in [-0.05, 0) is 36.4 Å². The molecule has 0 radical (unpaired) electrons. The largest absolute Gasteiger partial charge is 0.346 e. The van der Waals surface area contributed by atoms with Gasteiger partial charge in [0.25, 0.3) is 0 Å². The first kappa shape index (κ1) is 14.9. The third kappa shape index (κ3) is 3.04. The van der Waals surface area contributed by atoms with Gasteiger partial charge in [-0.25, -0.2) is 0 Å². The molecule has 0 amide bonds. The second-order valence-electron chi connectivity index (χ2n) is 5.68. The van der Waals surface area contributed by atoms with Crippen LogP contribution in [0.5, 0.6) is 0 Å². The number of anilines is 3. The summed E-state index contributed by atoms with van der Waals surface area (Å²) in [5.74, 6) is 0. The van der Waals surface area contributed by atoms with E-state index in [1.165, 1.54) is 0 Å². The zero-order chi connectivity index (χ0) is 16.2. The predicted octanol–water partition coefficient (Wildman–Crippen LogP) is 5.20. The molecule has 3 nitrogen and oxygen atoms in total. The molecule has 1 aliphatic rings. The van der Waals surface area contributed by atoms with E-state index in [1.807, 2.05) is 18.2 Å². The van der Waals surface area contributed by atoms with Crippen LogP contribution in [0.25, 0.3) is 0 Å². The van der Waals surface area contributed by atoms with E-state index >= 15 is 0 Å². The minimum Gasteiger partial charge on any atom is -0.346 e. The summed E-state index contributed by atoms with van der Waals surface area (Å²) in [7, 11) is 0. The van der Waals surface area contributed by atoms with E-state index in [1.54, 1.807) is 0 Å². The van der Waals surface area contributed by atoms with Crippen molar-refractivity contribution >= 4 is 17.1 Å². The molecule has 0 unspecified atom stereocenters. The van der Waals surface area contributed by atoms with Gasteiger partial charge in [0.2, 0.25) is 0 Å². The van der Waals surface area contributed by atoms with Gasteiger partial charge in [-0.2, -0.15) is 0 Å². The minimum absolute atomic E-state index is 0.265. The quantitative estimate of drug-likeness (QED) is 0.660. The average molecular weight is 317 g/mol. The van der Waals surface area contributed by atoms with Gasteiger partial charge >= 0.3 is 0 Å². The molecule has 1 heterocycles. The third-order valence-corrected chi connectivity index (χ3v) is 4.05. The fraction of sp³-hybridized carbons (Fsp3) is 0.143. The summed E-state index contributed by atoms with van der Waals surface area (Å²) >= 11 is 0. The Bertz CT molecular complexity index is 744. The molecular formula is C21H19NO2. The van der Waals surface area contributed by atoms with Crippen LogP contribution in [0.3, 0.4) is 0 Å². The first-order valence-electron chi connectivity index (χ1n) is 8.15. The second-order valence-corrected chi connectivity index (χ2v) is 5.68. The first-order valence-corrected chi connectivity index (χ1v) is 8.15. The van der Waals surface area contributed by atoms with Crippen molar-refractivity contribution in [3.63, 3.8) is 0 Å². The molecule has 0 aromatic heterocycles. The highest BCUT2D eigenvalue weighted by molar-refractivity contribution is 5.76. The van der Waals surface area contributed by atoms with Crippen molar-refractivity contribution in [2.75, 3.05) is 18.1 Å². The summed E-state index contributed by atoms with van der Waals surface area (Å²) in [5.41, 5.74) is 4.37. The van der Waals surface area contributed by atoms with Crippen molar-refractivity contribution in [3.8, 4) is 0 Å². The molecule has 3 heteroatoms. The number of ether oxygens (including phenoxy) is 2. The molecule has 0 saturated carbocycles. The number of hydrogen-bond donors (Lipinski definition) is 0. The average Bonchev–Trinajstić information content (AvgIpc) is 3.19. The molecule has 0 bridgehead atoms. The Balaban J connectivity index is 1.78. The molecule has 0 atom stereocenters. The van der Waals surface area contributed by atoms with Gasteiger partial charge in [-0.3, -0.25) is 0 Å². The van der Waals surface area contributed by atoms with Crippen molar-refractivity contribution in [2.45, 2.75) is 6.29 Å². The minimum atomic E-state index is -0.265. The molecule has 0 aliphatic carbocycles. The van der Waals surface area contributed by atoms with Crippen molar-refractivity contribution in [1.82, 2.24) is 0 Å². The normalized spacial score (nSPS) is 14.7. The molecule has 0 N–H and O–H groups in total. The van der Waals surface area contributed by atoms with Crippen LogP contribution in [0.1, 0.15) is 11.9 Å². The summed E-state index contributed by atoms with van der Waals surface area (Å²) in [5, 5.41) is 0. The maximum absolute atomic E-state index is 5.64. The standard InChI is InChI=1S/C21H19NO2/c1-3-9-18(10-4-1)22(19-11-5-2-6-12-19)20-13-7-8-17(16-20)21-23-14-15-24-21/h1-13,16,21H,14-15H2. The SMILES string of the molecule is c1ccc(N(c2ccccc2)c2cccc(C3OCCO3)c2)cc1. The Labute approximate surface area is 142 Å². The van der Waals surface area contributed by atoms with Gasteiger partial charge in [0.1, 0.15) is 0 Å². The molecular weight excluding hydrogens is 298 g/mol. The maximum Gasteiger partial charge on any atom is 0.184 e. The van der Waals surface area contributed by atoms with Gasteiger partial charge in [-0.1, -0.05) is 48.5 Å². The molecule has 4 rings (SSSR count). The van der Waals surface area contributed by atoms with Crippen LogP contribution in [-0.4, -0.2) is 13.2 Å². The van der Waals surface area contributed by atoms with E-state index in [0.29, 0.717) is 13.2 Å². The zero-order valence-electron chi connectivity index (χ0n) is 13.3. The lowest BCUT2D eigenvalue weighted by Crippen LogP contribution is -2.10. The summed E-state index contributed by atoms with van der Waals surface area (Å²) in [6, 6.07) is 29.1. The van der Waals surface area contributed by atoms with Gasteiger partial charge in [0, 0.05) is 22.6 Å². The fourth-order valence-electron chi connectivity index (χ4n) is 2.96. The van der Waals surface area contributed by atoms with E-state index < -0.39 is 0 Å². The summed E-state index contributed by atoms with van der Waals surface area (Å²) in [6.45, 7) is 1.30. The number of nitrogens with zero attached hydrogens (tertiary/aromatic N) is 1. The lowest BCUT2D eigenvalue weighted by molar-refractivity contribution is -0.0440. The summed E-state index contributed by atoms with van der Waals surface area (Å²) in [6.07, 6.45) is -0.265. The summed E-state index contributed by atoms with van der Waals surface area (Å²) in [4.78, 5) is 2.23. The van der Waals surface area contributed by atoms with E-state index in [9.17, 15) is 0 Å². The smallest absolute Gasteiger partial charge is 0.184 e. The maximum atomic E-state index is 5.64. The Morgan fingerprint density at radius 2 is 1.17 bits per heavy atom. The predicted molar refractivity (Wildman–Crippen MR) is 95.8 cm³/mol. The second kappa shape index (κ2) is 6.87. The molecule has 120 valence electrons. The van der Waals surface area contributed by atoms with Crippen LogP contribution in [0.15, 0.2) is 84.9 Å². The number of para-hydroxylation sites is 2. The van der Waals surface area contributed by atoms with Crippen LogP contribution in [0, 0.1) is 0 Å². The van der Waals surface area contributed by atoms with E-state index in [0.717, 1.165) is 22.6 Å². The molecule has 1 fully saturated rings. The first-order chi connectivity index (χ1) is 11.9. The van der Waals surface area contributed by atoms with Crippen LogP contribution in [0.2, 0.25) is 0 Å². The van der Waals surface area contributed by atoms with E-state index in [2.05, 4.69) is 71.6 Å². The van der Waals surface area contributed by atoms with Gasteiger partial charge in [-0.15, -0.1) is 0 Å². The monoisotopic (exact) mass is 317 g/mol. The Hall–Kier alpha value is -2.62. The lowest BCUT2D eigenvalue weighted by Gasteiger charge is -2.26. The third-order valence-electron chi connectivity index (χ3n) is 4.05. The summed E-state index contributed by atoms with van der Waals surface area (Å²) < 4.78 is 11.3. The van der Waals surface area contributed by atoms with Crippen LogP contribution >= 0.6 is 0 Å². The van der Waals surface area contributed by atoms with Crippen LogP contribution in [0.4, 0.5) is 17.1 Å². The highest BCUT2D eigenvalue weighted by Crippen LogP contribution is 2.36. The van der Waals surface area contributed by atoms with E-state index in [-0.39, 0.29) is 6.29 Å². The zero-order valence-corrected chi connectivity index (χ0v) is 13.3.